The number of carbonyl (C=O) groups excluding carboxylic acids is 1. The Labute approximate surface area is 90.2 Å². The average Bonchev–Trinajstić information content (AvgIpc) is 2.35. The SMILES string of the molecule is O=C(Cc1nc(Br)cs1)NI. The van der Waals surface area contributed by atoms with E-state index in [1.807, 2.05) is 28.2 Å². The number of aromatic nitrogens is 1. The number of hydrogen-bond acceptors (Lipinski definition) is 3. The molecule has 0 bridgehead atoms. The van der Waals surface area contributed by atoms with E-state index in [9.17, 15) is 4.79 Å². The molecule has 11 heavy (non-hydrogen) atoms. The van der Waals surface area contributed by atoms with Crippen molar-refractivity contribution < 1.29 is 4.79 Å². The van der Waals surface area contributed by atoms with Crippen LogP contribution in [0.2, 0.25) is 0 Å². The van der Waals surface area contributed by atoms with Crippen molar-refractivity contribution in [2.24, 2.45) is 0 Å². The zero-order chi connectivity index (χ0) is 8.27. The molecular formula is C5H4BrIN2OS. The zero-order valence-corrected chi connectivity index (χ0v) is 9.86. The highest BCUT2D eigenvalue weighted by molar-refractivity contribution is 14.1. The summed E-state index contributed by atoms with van der Waals surface area (Å²) in [7, 11) is 0. The molecule has 60 valence electrons. The molecule has 0 fully saturated rings. The van der Waals surface area contributed by atoms with Crippen molar-refractivity contribution in [2.45, 2.75) is 6.42 Å². The fraction of sp³-hybridized carbons (Fsp3) is 0.200. The van der Waals surface area contributed by atoms with Crippen LogP contribution in [0.15, 0.2) is 9.98 Å². The van der Waals surface area contributed by atoms with Gasteiger partial charge in [0.15, 0.2) is 0 Å². The number of nitrogens with zero attached hydrogens (tertiary/aromatic N) is 1. The molecule has 0 atom stereocenters. The number of carbonyl (C=O) groups is 1. The second-order valence-electron chi connectivity index (χ2n) is 1.76. The largest absolute Gasteiger partial charge is 0.298 e. The van der Waals surface area contributed by atoms with Crippen LogP contribution in [0.1, 0.15) is 5.01 Å². The van der Waals surface area contributed by atoms with Crippen molar-refractivity contribution >= 4 is 56.0 Å². The molecule has 1 amide bonds. The predicted molar refractivity (Wildman–Crippen MR) is 55.7 cm³/mol. The lowest BCUT2D eigenvalue weighted by atomic mass is 10.4. The van der Waals surface area contributed by atoms with Crippen LogP contribution in [0, 0.1) is 0 Å². The normalized spacial score (nSPS) is 9.64. The van der Waals surface area contributed by atoms with Gasteiger partial charge in [0, 0.05) is 5.38 Å². The molecule has 1 heterocycles. The van der Waals surface area contributed by atoms with Crippen LogP contribution >= 0.6 is 50.1 Å². The van der Waals surface area contributed by atoms with E-state index in [0.29, 0.717) is 6.42 Å². The molecule has 0 spiro atoms. The van der Waals surface area contributed by atoms with Crippen LogP contribution in [0.3, 0.4) is 0 Å². The first-order valence-electron chi connectivity index (χ1n) is 2.71. The molecule has 1 rings (SSSR count). The van der Waals surface area contributed by atoms with Crippen molar-refractivity contribution in [2.75, 3.05) is 0 Å². The van der Waals surface area contributed by atoms with Gasteiger partial charge in [0.2, 0.25) is 5.91 Å². The van der Waals surface area contributed by atoms with Gasteiger partial charge in [0.05, 0.1) is 29.3 Å². The first kappa shape index (κ1) is 9.40. The van der Waals surface area contributed by atoms with E-state index in [-0.39, 0.29) is 5.91 Å². The van der Waals surface area contributed by atoms with Crippen LogP contribution < -0.4 is 3.53 Å². The van der Waals surface area contributed by atoms with E-state index < -0.39 is 0 Å². The minimum Gasteiger partial charge on any atom is -0.298 e. The summed E-state index contributed by atoms with van der Waals surface area (Å²) in [6.07, 6.45) is 0.360. The summed E-state index contributed by atoms with van der Waals surface area (Å²) < 4.78 is 3.30. The Morgan fingerprint density at radius 2 is 2.64 bits per heavy atom. The maximum atomic E-state index is 10.8. The molecule has 0 aliphatic rings. The van der Waals surface area contributed by atoms with E-state index in [1.54, 1.807) is 0 Å². The molecule has 3 nitrogen and oxygen atoms in total. The smallest absolute Gasteiger partial charge is 0.235 e. The zero-order valence-electron chi connectivity index (χ0n) is 5.30. The molecule has 0 aliphatic heterocycles. The van der Waals surface area contributed by atoms with Crippen LogP contribution in [0.5, 0.6) is 0 Å². The third-order valence-corrected chi connectivity index (χ3v) is 3.10. The first-order valence-corrected chi connectivity index (χ1v) is 5.47. The highest BCUT2D eigenvalue weighted by Gasteiger charge is 2.04. The molecule has 6 heteroatoms. The number of hydrogen-bond donors (Lipinski definition) is 1. The Kier molecular flexibility index (Phi) is 3.73. The van der Waals surface area contributed by atoms with Gasteiger partial charge >= 0.3 is 0 Å². The van der Waals surface area contributed by atoms with Gasteiger partial charge in [-0.1, -0.05) is 0 Å². The molecule has 0 unspecified atom stereocenters. The highest BCUT2D eigenvalue weighted by atomic mass is 127. The maximum absolute atomic E-state index is 10.8. The van der Waals surface area contributed by atoms with Crippen molar-refractivity contribution in [3.05, 3.63) is 15.0 Å². The van der Waals surface area contributed by atoms with E-state index in [2.05, 4.69) is 24.4 Å². The Balaban J connectivity index is 2.57. The highest BCUT2D eigenvalue weighted by Crippen LogP contribution is 2.14. The van der Waals surface area contributed by atoms with Crippen molar-refractivity contribution in [3.8, 4) is 0 Å². The third-order valence-electron chi connectivity index (χ3n) is 0.941. The Morgan fingerprint density at radius 1 is 1.91 bits per heavy atom. The Morgan fingerprint density at radius 3 is 3.09 bits per heavy atom. The Hall–Kier alpha value is 0.310. The molecule has 0 aliphatic carbocycles. The minimum absolute atomic E-state index is 0.0209. The lowest BCUT2D eigenvalue weighted by Crippen LogP contribution is -2.13. The second kappa shape index (κ2) is 4.36. The lowest BCUT2D eigenvalue weighted by Gasteiger charge is -1.91. The van der Waals surface area contributed by atoms with Crippen LogP contribution in [0.4, 0.5) is 0 Å². The van der Waals surface area contributed by atoms with Crippen LogP contribution in [-0.2, 0) is 11.2 Å². The van der Waals surface area contributed by atoms with Crippen molar-refractivity contribution in [1.82, 2.24) is 8.51 Å². The number of amides is 1. The summed E-state index contributed by atoms with van der Waals surface area (Å²) in [4.78, 5) is 14.9. The van der Waals surface area contributed by atoms with Gasteiger partial charge in [-0.05, 0) is 15.9 Å². The first-order chi connectivity index (χ1) is 5.22. The van der Waals surface area contributed by atoms with E-state index >= 15 is 0 Å². The standard InChI is InChI=1S/C5H4BrIN2OS/c6-3-2-11-5(8-3)1-4(10)9-7/h2H,1H2,(H,9,10). The predicted octanol–water partition coefficient (Wildman–Crippen LogP) is 1.91. The van der Waals surface area contributed by atoms with Gasteiger partial charge in [-0.25, -0.2) is 4.98 Å². The molecule has 1 aromatic heterocycles. The molecule has 1 aromatic rings. The van der Waals surface area contributed by atoms with E-state index in [1.165, 1.54) is 11.3 Å². The average molecular weight is 347 g/mol. The van der Waals surface area contributed by atoms with Gasteiger partial charge in [-0.2, -0.15) is 0 Å². The van der Waals surface area contributed by atoms with Gasteiger partial charge in [0.1, 0.15) is 9.61 Å². The van der Waals surface area contributed by atoms with Gasteiger partial charge in [-0.3, -0.25) is 8.32 Å². The Bertz CT molecular complexity index is 265. The molecule has 0 radical (unpaired) electrons. The number of halogens is 2. The van der Waals surface area contributed by atoms with Crippen LogP contribution in [-0.4, -0.2) is 10.9 Å². The summed E-state index contributed by atoms with van der Waals surface area (Å²) in [5.41, 5.74) is 0. The minimum atomic E-state index is -0.0209. The summed E-state index contributed by atoms with van der Waals surface area (Å²) in [6, 6.07) is 0. The van der Waals surface area contributed by atoms with Crippen LogP contribution in [0.25, 0.3) is 0 Å². The molecule has 0 saturated carbocycles. The monoisotopic (exact) mass is 346 g/mol. The number of nitrogens with one attached hydrogen (secondary N) is 1. The van der Waals surface area contributed by atoms with Crippen molar-refractivity contribution in [1.29, 1.82) is 0 Å². The molecule has 0 aromatic carbocycles. The van der Waals surface area contributed by atoms with Gasteiger partial charge < -0.3 is 0 Å². The van der Waals surface area contributed by atoms with Crippen molar-refractivity contribution in [3.63, 3.8) is 0 Å². The second-order valence-corrected chi connectivity index (χ2v) is 4.05. The third kappa shape index (κ3) is 3.04. The topological polar surface area (TPSA) is 42.0 Å². The molecule has 0 saturated heterocycles. The molecular weight excluding hydrogens is 343 g/mol. The fourth-order valence-electron chi connectivity index (χ4n) is 0.540. The fourth-order valence-corrected chi connectivity index (χ4v) is 1.99. The van der Waals surface area contributed by atoms with E-state index in [0.717, 1.165) is 9.61 Å². The summed E-state index contributed by atoms with van der Waals surface area (Å²) in [5, 5.41) is 2.68. The summed E-state index contributed by atoms with van der Waals surface area (Å²) in [6.45, 7) is 0. The lowest BCUT2D eigenvalue weighted by molar-refractivity contribution is -0.118. The number of thiazole rings is 1. The molecule has 1 N–H and O–H groups in total. The van der Waals surface area contributed by atoms with Gasteiger partial charge in [0.25, 0.3) is 0 Å². The quantitative estimate of drug-likeness (QED) is 0.656. The summed E-state index contributed by atoms with van der Waals surface area (Å²) in [5.74, 6) is -0.0209. The van der Waals surface area contributed by atoms with Gasteiger partial charge in [-0.15, -0.1) is 11.3 Å². The number of rotatable bonds is 2. The summed E-state index contributed by atoms with van der Waals surface area (Å²) >= 11 is 6.49. The maximum Gasteiger partial charge on any atom is 0.235 e. The van der Waals surface area contributed by atoms with E-state index in [4.69, 9.17) is 0 Å².